The lowest BCUT2D eigenvalue weighted by atomic mass is 9.92. The van der Waals surface area contributed by atoms with E-state index in [9.17, 15) is 9.59 Å². The van der Waals surface area contributed by atoms with E-state index in [4.69, 9.17) is 4.74 Å². The molecule has 0 saturated carbocycles. The van der Waals surface area contributed by atoms with Gasteiger partial charge in [-0.3, -0.25) is 14.9 Å². The van der Waals surface area contributed by atoms with Gasteiger partial charge in [0.1, 0.15) is 17.9 Å². The summed E-state index contributed by atoms with van der Waals surface area (Å²) >= 11 is 0. The summed E-state index contributed by atoms with van der Waals surface area (Å²) in [4.78, 5) is 25.6. The van der Waals surface area contributed by atoms with Crippen molar-refractivity contribution in [1.82, 2.24) is 25.9 Å². The molecule has 8 nitrogen and oxygen atoms in total. The van der Waals surface area contributed by atoms with Gasteiger partial charge in [0.15, 0.2) is 0 Å². The van der Waals surface area contributed by atoms with E-state index >= 15 is 0 Å². The minimum Gasteiger partial charge on any atom is -0.459 e. The summed E-state index contributed by atoms with van der Waals surface area (Å²) in [6.07, 6.45) is 1.24. The number of nitrogens with one attached hydrogen (secondary N) is 2. The van der Waals surface area contributed by atoms with Gasteiger partial charge in [-0.25, -0.2) is 0 Å². The molecule has 0 aliphatic heterocycles. The number of benzene rings is 3. The van der Waals surface area contributed by atoms with E-state index in [2.05, 4.69) is 25.9 Å². The first-order valence-corrected chi connectivity index (χ1v) is 12.4. The molecule has 190 valence electrons. The molecule has 0 fully saturated rings. The summed E-state index contributed by atoms with van der Waals surface area (Å²) in [5, 5.41) is 17.7. The highest BCUT2D eigenvalue weighted by Crippen LogP contribution is 2.30. The Morgan fingerprint density at radius 3 is 2.30 bits per heavy atom. The highest BCUT2D eigenvalue weighted by molar-refractivity contribution is 5.89. The van der Waals surface area contributed by atoms with Gasteiger partial charge in [-0.15, -0.1) is 10.2 Å². The molecule has 0 aliphatic carbocycles. The third kappa shape index (κ3) is 6.74. The van der Waals surface area contributed by atoms with Gasteiger partial charge >= 0.3 is 5.97 Å². The Hall–Kier alpha value is -4.17. The van der Waals surface area contributed by atoms with Gasteiger partial charge in [-0.05, 0) is 40.8 Å². The summed E-state index contributed by atoms with van der Waals surface area (Å²) in [7, 11) is 0. The van der Waals surface area contributed by atoms with Crippen LogP contribution in [0.15, 0.2) is 78.9 Å². The van der Waals surface area contributed by atoms with E-state index < -0.39 is 11.5 Å². The SMILES string of the molecule is CCCC(=O)CC(C)(NCc1ccc(-c2ccccc2-c2nn[nH]n2)cc1)C(=O)OCc1ccccc1. The minimum atomic E-state index is -1.13. The van der Waals surface area contributed by atoms with E-state index in [1.54, 1.807) is 6.92 Å². The number of aromatic amines is 1. The average Bonchev–Trinajstić information content (AvgIpc) is 3.47. The predicted octanol–water partition coefficient (Wildman–Crippen LogP) is 4.88. The number of hydrogen-bond donors (Lipinski definition) is 2. The van der Waals surface area contributed by atoms with Crippen LogP contribution in [0.2, 0.25) is 0 Å². The predicted molar refractivity (Wildman–Crippen MR) is 141 cm³/mol. The smallest absolute Gasteiger partial charge is 0.326 e. The van der Waals surface area contributed by atoms with Crippen molar-refractivity contribution in [1.29, 1.82) is 0 Å². The number of ketones is 1. The number of tetrazole rings is 1. The van der Waals surface area contributed by atoms with Crippen LogP contribution < -0.4 is 5.32 Å². The van der Waals surface area contributed by atoms with Crippen LogP contribution in [0.3, 0.4) is 0 Å². The Labute approximate surface area is 216 Å². The van der Waals surface area contributed by atoms with Crippen LogP contribution >= 0.6 is 0 Å². The number of nitrogens with zero attached hydrogens (tertiary/aromatic N) is 3. The zero-order valence-corrected chi connectivity index (χ0v) is 21.1. The number of H-pyrrole nitrogens is 1. The fraction of sp³-hybridized carbons (Fsp3) is 0.276. The van der Waals surface area contributed by atoms with Crippen molar-refractivity contribution in [3.63, 3.8) is 0 Å². The number of aromatic nitrogens is 4. The molecule has 1 unspecified atom stereocenters. The summed E-state index contributed by atoms with van der Waals surface area (Å²) in [6.45, 7) is 4.26. The number of esters is 1. The Morgan fingerprint density at radius 2 is 1.62 bits per heavy atom. The third-order valence-electron chi connectivity index (χ3n) is 6.20. The maximum Gasteiger partial charge on any atom is 0.326 e. The fourth-order valence-corrected chi connectivity index (χ4v) is 4.16. The summed E-state index contributed by atoms with van der Waals surface area (Å²) < 4.78 is 5.61. The number of carbonyl (C=O) groups excluding carboxylic acids is 2. The van der Waals surface area contributed by atoms with E-state index in [-0.39, 0.29) is 18.8 Å². The first-order chi connectivity index (χ1) is 18.0. The zero-order chi connectivity index (χ0) is 26.1. The molecule has 4 rings (SSSR count). The molecule has 0 amide bonds. The lowest BCUT2D eigenvalue weighted by Crippen LogP contribution is -2.51. The van der Waals surface area contributed by atoms with Crippen molar-refractivity contribution in [3.8, 4) is 22.5 Å². The highest BCUT2D eigenvalue weighted by Gasteiger charge is 2.36. The second kappa shape index (κ2) is 12.2. The van der Waals surface area contributed by atoms with Crippen LogP contribution in [0.4, 0.5) is 0 Å². The topological polar surface area (TPSA) is 110 Å². The van der Waals surface area contributed by atoms with Gasteiger partial charge in [0.25, 0.3) is 0 Å². The summed E-state index contributed by atoms with van der Waals surface area (Å²) in [5.74, 6) is 0.122. The van der Waals surface area contributed by atoms with Crippen molar-refractivity contribution in [2.45, 2.75) is 51.8 Å². The van der Waals surface area contributed by atoms with E-state index in [0.717, 1.165) is 34.2 Å². The molecule has 0 spiro atoms. The molecule has 1 heterocycles. The van der Waals surface area contributed by atoms with Gasteiger partial charge in [0.05, 0.1) is 0 Å². The normalized spacial score (nSPS) is 12.6. The van der Waals surface area contributed by atoms with E-state index in [0.29, 0.717) is 18.8 Å². The van der Waals surface area contributed by atoms with E-state index in [1.807, 2.05) is 85.8 Å². The molecule has 0 saturated heterocycles. The first-order valence-electron chi connectivity index (χ1n) is 12.4. The van der Waals surface area contributed by atoms with Gasteiger partial charge in [-0.1, -0.05) is 85.8 Å². The molecule has 0 aliphatic rings. The fourth-order valence-electron chi connectivity index (χ4n) is 4.16. The highest BCUT2D eigenvalue weighted by atomic mass is 16.5. The number of hydrogen-bond acceptors (Lipinski definition) is 7. The maximum atomic E-state index is 13.1. The molecule has 1 aromatic heterocycles. The number of rotatable bonds is 12. The standard InChI is InChI=1S/C29H31N5O3/c1-3-9-24(35)18-29(2,28(36)37-20-22-10-5-4-6-11-22)30-19-21-14-16-23(17-15-21)25-12-7-8-13-26(25)27-31-33-34-32-27/h4-8,10-17,30H,3,9,18-20H2,1-2H3,(H,31,32,33,34). The van der Waals surface area contributed by atoms with Crippen LogP contribution in [0.1, 0.15) is 44.2 Å². The Balaban J connectivity index is 1.47. The van der Waals surface area contributed by atoms with Crippen LogP contribution in [0.25, 0.3) is 22.5 Å². The number of Topliss-reactive ketones (excluding diaryl/α,β-unsaturated/α-hetero) is 1. The minimum absolute atomic E-state index is 0.0302. The van der Waals surface area contributed by atoms with Crippen LogP contribution in [-0.4, -0.2) is 37.9 Å². The molecular formula is C29H31N5O3. The van der Waals surface area contributed by atoms with Crippen LogP contribution in [0, 0.1) is 0 Å². The largest absolute Gasteiger partial charge is 0.459 e. The summed E-state index contributed by atoms with van der Waals surface area (Å²) in [5.41, 5.74) is 3.62. The zero-order valence-electron chi connectivity index (χ0n) is 21.1. The Bertz CT molecular complexity index is 1310. The molecule has 2 N–H and O–H groups in total. The Kier molecular flexibility index (Phi) is 8.53. The monoisotopic (exact) mass is 497 g/mol. The molecule has 8 heteroatoms. The van der Waals surface area contributed by atoms with Crippen molar-refractivity contribution >= 4 is 11.8 Å². The van der Waals surface area contributed by atoms with Crippen molar-refractivity contribution in [2.75, 3.05) is 0 Å². The molecule has 4 aromatic rings. The lowest BCUT2D eigenvalue weighted by molar-refractivity contribution is -0.154. The van der Waals surface area contributed by atoms with Crippen molar-refractivity contribution in [2.24, 2.45) is 0 Å². The molecule has 0 bridgehead atoms. The van der Waals surface area contributed by atoms with Gasteiger partial charge in [0.2, 0.25) is 5.82 Å². The van der Waals surface area contributed by atoms with Gasteiger partial charge in [-0.2, -0.15) is 5.21 Å². The molecule has 3 aromatic carbocycles. The van der Waals surface area contributed by atoms with Crippen LogP contribution in [-0.2, 0) is 27.5 Å². The second-order valence-corrected chi connectivity index (χ2v) is 9.19. The number of ether oxygens (including phenoxy) is 1. The maximum absolute atomic E-state index is 13.1. The molecule has 37 heavy (non-hydrogen) atoms. The second-order valence-electron chi connectivity index (χ2n) is 9.19. The first kappa shape index (κ1) is 25.9. The third-order valence-corrected chi connectivity index (χ3v) is 6.20. The van der Waals surface area contributed by atoms with Crippen molar-refractivity contribution in [3.05, 3.63) is 90.0 Å². The molecule has 1 atom stereocenters. The van der Waals surface area contributed by atoms with Gasteiger partial charge in [0, 0.05) is 24.9 Å². The van der Waals surface area contributed by atoms with E-state index in [1.165, 1.54) is 0 Å². The average molecular weight is 498 g/mol. The molecular weight excluding hydrogens is 466 g/mol. The number of carbonyl (C=O) groups is 2. The van der Waals surface area contributed by atoms with Crippen LogP contribution in [0.5, 0.6) is 0 Å². The van der Waals surface area contributed by atoms with Crippen molar-refractivity contribution < 1.29 is 14.3 Å². The van der Waals surface area contributed by atoms with Gasteiger partial charge < -0.3 is 4.74 Å². The lowest BCUT2D eigenvalue weighted by Gasteiger charge is -2.28. The quantitative estimate of drug-likeness (QED) is 0.268. The molecule has 0 radical (unpaired) electrons. The Morgan fingerprint density at radius 1 is 0.919 bits per heavy atom. The summed E-state index contributed by atoms with van der Waals surface area (Å²) in [6, 6.07) is 25.4.